The molecule has 30 heavy (non-hydrogen) atoms. The van der Waals surface area contributed by atoms with Gasteiger partial charge in [0.1, 0.15) is 0 Å². The molecule has 1 fully saturated rings. The fourth-order valence-electron chi connectivity index (χ4n) is 3.34. The van der Waals surface area contributed by atoms with Crippen LogP contribution in [0.3, 0.4) is 0 Å². The Bertz CT molecular complexity index is 1190. The van der Waals surface area contributed by atoms with E-state index in [1.54, 1.807) is 23.7 Å². The molecule has 8 nitrogen and oxygen atoms in total. The highest BCUT2D eigenvalue weighted by atomic mass is 35.5. The molecule has 1 unspecified atom stereocenters. The quantitative estimate of drug-likeness (QED) is 0.603. The standard InChI is InChI=1S/C20H21ClN4O4S/c1-25-18-9-6-14(21)11-17(18)23-20(25)24-19(26)13-4-7-16(8-5-13)30(27,28)22-12-15-3-2-10-29-15/h4-9,11,15,22H,2-3,10,12H2,1H3,(H,23,24,26). The summed E-state index contributed by atoms with van der Waals surface area (Å²) in [6.07, 6.45) is 1.69. The minimum Gasteiger partial charge on any atom is -0.377 e. The first kappa shape index (κ1) is 20.8. The second-order valence-electron chi connectivity index (χ2n) is 7.09. The van der Waals surface area contributed by atoms with Crippen molar-refractivity contribution in [1.82, 2.24) is 14.3 Å². The van der Waals surface area contributed by atoms with Crippen molar-refractivity contribution in [2.45, 2.75) is 23.8 Å². The number of nitrogens with one attached hydrogen (secondary N) is 2. The average molecular weight is 449 g/mol. The van der Waals surface area contributed by atoms with Crippen molar-refractivity contribution in [2.75, 3.05) is 18.5 Å². The van der Waals surface area contributed by atoms with Gasteiger partial charge in [-0.3, -0.25) is 10.1 Å². The van der Waals surface area contributed by atoms with Gasteiger partial charge in [0, 0.05) is 30.8 Å². The Labute approximate surface area is 179 Å². The average Bonchev–Trinajstić information content (AvgIpc) is 3.35. The van der Waals surface area contributed by atoms with Crippen LogP contribution in [0.2, 0.25) is 5.02 Å². The highest BCUT2D eigenvalue weighted by Gasteiger charge is 2.21. The van der Waals surface area contributed by atoms with Gasteiger partial charge in [0.15, 0.2) is 0 Å². The lowest BCUT2D eigenvalue weighted by Crippen LogP contribution is -2.31. The first-order chi connectivity index (χ1) is 14.3. The Morgan fingerprint density at radius 2 is 2.03 bits per heavy atom. The fourth-order valence-corrected chi connectivity index (χ4v) is 4.57. The number of hydrogen-bond donors (Lipinski definition) is 2. The molecular formula is C20H21ClN4O4S. The van der Waals surface area contributed by atoms with Gasteiger partial charge in [-0.05, 0) is 55.3 Å². The summed E-state index contributed by atoms with van der Waals surface area (Å²) in [6.45, 7) is 0.899. The molecule has 0 bridgehead atoms. The van der Waals surface area contributed by atoms with Gasteiger partial charge in [0.25, 0.3) is 5.91 Å². The van der Waals surface area contributed by atoms with Crippen LogP contribution in [-0.4, -0.2) is 43.1 Å². The second kappa shape index (κ2) is 8.35. The minimum absolute atomic E-state index is 0.0898. The molecule has 1 aliphatic rings. The smallest absolute Gasteiger partial charge is 0.257 e. The van der Waals surface area contributed by atoms with Gasteiger partial charge in [-0.2, -0.15) is 0 Å². The van der Waals surface area contributed by atoms with Crippen LogP contribution in [0.5, 0.6) is 0 Å². The molecule has 2 aromatic carbocycles. The number of sulfonamides is 1. The van der Waals surface area contributed by atoms with Crippen molar-refractivity contribution in [3.05, 3.63) is 53.1 Å². The summed E-state index contributed by atoms with van der Waals surface area (Å²) in [5.74, 6) is -0.0250. The number of rotatable bonds is 6. The van der Waals surface area contributed by atoms with Gasteiger partial charge >= 0.3 is 0 Å². The van der Waals surface area contributed by atoms with Gasteiger partial charge in [-0.25, -0.2) is 18.1 Å². The number of nitrogens with zero attached hydrogens (tertiary/aromatic N) is 2. The first-order valence-electron chi connectivity index (χ1n) is 9.48. The Morgan fingerprint density at radius 1 is 1.27 bits per heavy atom. The number of amides is 1. The number of fused-ring (bicyclic) bond motifs is 1. The summed E-state index contributed by atoms with van der Waals surface area (Å²) in [7, 11) is -1.88. The summed E-state index contributed by atoms with van der Waals surface area (Å²) in [5.41, 5.74) is 1.81. The third-order valence-corrected chi connectivity index (χ3v) is 6.69. The van der Waals surface area contributed by atoms with E-state index in [2.05, 4.69) is 15.0 Å². The number of benzene rings is 2. The van der Waals surface area contributed by atoms with Crippen LogP contribution in [0.15, 0.2) is 47.4 Å². The molecule has 1 amide bonds. The third kappa shape index (κ3) is 4.34. The Morgan fingerprint density at radius 3 is 2.73 bits per heavy atom. The summed E-state index contributed by atoms with van der Waals surface area (Å²) >= 11 is 5.99. The summed E-state index contributed by atoms with van der Waals surface area (Å²) in [4.78, 5) is 17.1. The zero-order valence-corrected chi connectivity index (χ0v) is 17.8. The van der Waals surface area contributed by atoms with Gasteiger partial charge < -0.3 is 9.30 Å². The zero-order chi connectivity index (χ0) is 21.3. The van der Waals surface area contributed by atoms with Crippen LogP contribution in [0.25, 0.3) is 11.0 Å². The molecule has 1 aromatic heterocycles. The summed E-state index contributed by atoms with van der Waals surface area (Å²) in [5, 5.41) is 3.30. The molecule has 2 N–H and O–H groups in total. The van der Waals surface area contributed by atoms with E-state index in [4.69, 9.17) is 16.3 Å². The molecule has 1 saturated heterocycles. The molecule has 0 saturated carbocycles. The fraction of sp³-hybridized carbons (Fsp3) is 0.300. The largest absolute Gasteiger partial charge is 0.377 e. The predicted octanol–water partition coefficient (Wildman–Crippen LogP) is 2.94. The van der Waals surface area contributed by atoms with E-state index in [1.165, 1.54) is 24.3 Å². The van der Waals surface area contributed by atoms with Gasteiger partial charge in [0.05, 0.1) is 22.0 Å². The third-order valence-electron chi connectivity index (χ3n) is 5.02. The lowest BCUT2D eigenvalue weighted by Gasteiger charge is -2.11. The molecule has 2 heterocycles. The van der Waals surface area contributed by atoms with Crippen molar-refractivity contribution in [3.63, 3.8) is 0 Å². The van der Waals surface area contributed by atoms with E-state index in [9.17, 15) is 13.2 Å². The van der Waals surface area contributed by atoms with Crippen LogP contribution < -0.4 is 10.0 Å². The van der Waals surface area contributed by atoms with Crippen LogP contribution in [-0.2, 0) is 21.8 Å². The van der Waals surface area contributed by atoms with Crippen molar-refractivity contribution in [2.24, 2.45) is 7.05 Å². The van der Waals surface area contributed by atoms with Crippen molar-refractivity contribution < 1.29 is 17.9 Å². The van der Waals surface area contributed by atoms with Crippen molar-refractivity contribution >= 4 is 44.5 Å². The van der Waals surface area contributed by atoms with Crippen molar-refractivity contribution in [1.29, 1.82) is 0 Å². The Kier molecular flexibility index (Phi) is 5.79. The van der Waals surface area contributed by atoms with Crippen molar-refractivity contribution in [3.8, 4) is 0 Å². The van der Waals surface area contributed by atoms with Crippen LogP contribution in [0.4, 0.5) is 5.95 Å². The number of aromatic nitrogens is 2. The Balaban J connectivity index is 1.46. The number of anilines is 1. The molecular weight excluding hydrogens is 428 g/mol. The topological polar surface area (TPSA) is 102 Å². The molecule has 4 rings (SSSR count). The lowest BCUT2D eigenvalue weighted by atomic mass is 10.2. The van der Waals surface area contributed by atoms with E-state index in [-0.39, 0.29) is 17.5 Å². The van der Waals surface area contributed by atoms with E-state index in [0.29, 0.717) is 28.7 Å². The number of hydrogen-bond acceptors (Lipinski definition) is 5. The molecule has 158 valence electrons. The highest BCUT2D eigenvalue weighted by molar-refractivity contribution is 7.89. The minimum atomic E-state index is -3.67. The Hall–Kier alpha value is -2.46. The number of halogens is 1. The normalized spacial score (nSPS) is 16.8. The summed E-state index contributed by atoms with van der Waals surface area (Å²) in [6, 6.07) is 11.0. The van der Waals surface area contributed by atoms with E-state index in [1.807, 2.05) is 6.07 Å². The maximum absolute atomic E-state index is 12.6. The molecule has 1 aliphatic heterocycles. The second-order valence-corrected chi connectivity index (χ2v) is 9.30. The number of carbonyl (C=O) groups is 1. The van der Waals surface area contributed by atoms with Gasteiger partial charge in [0.2, 0.25) is 16.0 Å². The molecule has 0 radical (unpaired) electrons. The molecule has 3 aromatic rings. The van der Waals surface area contributed by atoms with Crippen LogP contribution in [0.1, 0.15) is 23.2 Å². The summed E-state index contributed by atoms with van der Waals surface area (Å²) < 4.78 is 34.6. The van der Waals surface area contributed by atoms with Gasteiger partial charge in [-0.1, -0.05) is 11.6 Å². The van der Waals surface area contributed by atoms with Crippen LogP contribution >= 0.6 is 11.6 Å². The number of aryl methyl sites for hydroxylation is 1. The number of ether oxygens (including phenoxy) is 1. The maximum Gasteiger partial charge on any atom is 0.257 e. The van der Waals surface area contributed by atoms with E-state index in [0.717, 1.165) is 18.4 Å². The lowest BCUT2D eigenvalue weighted by molar-refractivity contribution is 0.102. The highest BCUT2D eigenvalue weighted by Crippen LogP contribution is 2.22. The maximum atomic E-state index is 12.6. The van der Waals surface area contributed by atoms with E-state index < -0.39 is 15.9 Å². The number of carbonyl (C=O) groups excluding carboxylic acids is 1. The number of imidazole rings is 1. The van der Waals surface area contributed by atoms with Gasteiger partial charge in [-0.15, -0.1) is 0 Å². The molecule has 0 aliphatic carbocycles. The molecule has 10 heteroatoms. The molecule has 0 spiro atoms. The monoisotopic (exact) mass is 448 g/mol. The van der Waals surface area contributed by atoms with E-state index >= 15 is 0 Å². The van der Waals surface area contributed by atoms with Crippen LogP contribution in [0, 0.1) is 0 Å². The zero-order valence-electron chi connectivity index (χ0n) is 16.3. The molecule has 1 atom stereocenters. The first-order valence-corrected chi connectivity index (χ1v) is 11.3. The predicted molar refractivity (Wildman–Crippen MR) is 114 cm³/mol. The SMILES string of the molecule is Cn1c(NC(=O)c2ccc(S(=O)(=O)NCC3CCCO3)cc2)nc2cc(Cl)ccc21.